The van der Waals surface area contributed by atoms with Gasteiger partial charge in [-0.3, -0.25) is 9.59 Å². The Balaban J connectivity index is 2.40. The average Bonchev–Trinajstić information content (AvgIpc) is 2.42. The third-order valence-corrected chi connectivity index (χ3v) is 2.30. The summed E-state index contributed by atoms with van der Waals surface area (Å²) >= 11 is 4.24. The molecule has 0 unspecified atom stereocenters. The number of rotatable bonds is 4. The van der Waals surface area contributed by atoms with Gasteiger partial charge in [0.25, 0.3) is 6.47 Å². The van der Waals surface area contributed by atoms with Crippen LogP contribution in [0.3, 0.4) is 0 Å². The van der Waals surface area contributed by atoms with Gasteiger partial charge in [0.1, 0.15) is 6.61 Å². The van der Waals surface area contributed by atoms with E-state index in [1.807, 2.05) is 0 Å². The van der Waals surface area contributed by atoms with Crippen molar-refractivity contribution in [3.8, 4) is 0 Å². The Hall–Kier alpha value is -0.710. The molecular formula is C7H11NO3S. The molecule has 0 radical (unpaired) electrons. The first-order valence-corrected chi connectivity index (χ1v) is 4.24. The van der Waals surface area contributed by atoms with Crippen LogP contribution in [0.2, 0.25) is 0 Å². The van der Waals surface area contributed by atoms with E-state index in [0.717, 1.165) is 12.8 Å². The monoisotopic (exact) mass is 189 g/mol. The summed E-state index contributed by atoms with van der Waals surface area (Å²) in [4.78, 5) is 22.0. The van der Waals surface area contributed by atoms with Crippen LogP contribution in [-0.2, 0) is 14.3 Å². The molecule has 0 aromatic carbocycles. The summed E-state index contributed by atoms with van der Waals surface area (Å²) in [6, 6.07) is 0.00944. The lowest BCUT2D eigenvalue weighted by atomic mass is 10.2. The summed E-state index contributed by atoms with van der Waals surface area (Å²) in [7, 11) is 0. The minimum atomic E-state index is 0.00944. The molecule has 2 atom stereocenters. The fraction of sp³-hybridized carbons (Fsp3) is 0.714. The summed E-state index contributed by atoms with van der Waals surface area (Å²) in [6.07, 6.45) is 1.56. The first kappa shape index (κ1) is 9.38. The van der Waals surface area contributed by atoms with Crippen molar-refractivity contribution in [1.29, 1.82) is 0 Å². The van der Waals surface area contributed by atoms with Gasteiger partial charge in [-0.2, -0.15) is 12.6 Å². The van der Waals surface area contributed by atoms with E-state index < -0.39 is 0 Å². The summed E-state index contributed by atoms with van der Waals surface area (Å²) in [6.45, 7) is 1.31. The summed E-state index contributed by atoms with van der Waals surface area (Å²) in [5, 5.41) is 0.204. The highest BCUT2D eigenvalue weighted by Gasteiger charge is 2.29. The number of carbonyl (C=O) groups is 2. The smallest absolute Gasteiger partial charge is 0.293 e. The van der Waals surface area contributed by atoms with Crippen LogP contribution in [0.4, 0.5) is 0 Å². The number of ether oxygens (including phenoxy) is 1. The van der Waals surface area contributed by atoms with Gasteiger partial charge in [-0.25, -0.2) is 0 Å². The minimum absolute atomic E-state index is 0.00944. The Morgan fingerprint density at radius 3 is 2.92 bits per heavy atom. The fourth-order valence-electron chi connectivity index (χ4n) is 1.36. The van der Waals surface area contributed by atoms with Gasteiger partial charge in [-0.1, -0.05) is 0 Å². The zero-order valence-corrected chi connectivity index (χ0v) is 7.44. The van der Waals surface area contributed by atoms with Crippen LogP contribution >= 0.6 is 12.6 Å². The molecular weight excluding hydrogens is 178 g/mol. The van der Waals surface area contributed by atoms with Gasteiger partial charge in [0.15, 0.2) is 0 Å². The molecule has 1 amide bonds. The first-order chi connectivity index (χ1) is 5.77. The highest BCUT2D eigenvalue weighted by Crippen LogP contribution is 2.19. The minimum Gasteiger partial charge on any atom is -0.466 e. The summed E-state index contributed by atoms with van der Waals surface area (Å²) in [5.41, 5.74) is 0. The van der Waals surface area contributed by atoms with Gasteiger partial charge in [0.2, 0.25) is 6.41 Å². The van der Waals surface area contributed by atoms with Crippen molar-refractivity contribution in [2.24, 2.45) is 0 Å². The van der Waals surface area contributed by atoms with E-state index in [9.17, 15) is 9.59 Å². The molecule has 0 N–H and O–H groups in total. The van der Waals surface area contributed by atoms with Crippen molar-refractivity contribution in [1.82, 2.24) is 4.90 Å². The molecule has 1 fully saturated rings. The lowest BCUT2D eigenvalue weighted by molar-refractivity contribution is -0.132. The Morgan fingerprint density at radius 2 is 2.33 bits per heavy atom. The maximum Gasteiger partial charge on any atom is 0.293 e. The van der Waals surface area contributed by atoms with Crippen LogP contribution in [0.5, 0.6) is 0 Å². The highest BCUT2D eigenvalue weighted by atomic mass is 32.1. The molecule has 1 aliphatic heterocycles. The van der Waals surface area contributed by atoms with E-state index in [1.54, 1.807) is 4.90 Å². The molecule has 0 aliphatic carbocycles. The molecule has 1 saturated heterocycles. The van der Waals surface area contributed by atoms with Crippen LogP contribution in [-0.4, -0.2) is 42.2 Å². The van der Waals surface area contributed by atoms with Crippen molar-refractivity contribution in [3.05, 3.63) is 0 Å². The zero-order valence-electron chi connectivity index (χ0n) is 6.55. The molecule has 12 heavy (non-hydrogen) atoms. The molecule has 1 rings (SSSR count). The SMILES string of the molecule is O=COC[C@@H]1C[C@H](S)CN1C=O. The average molecular weight is 189 g/mol. The Kier molecular flexibility index (Phi) is 3.40. The number of nitrogens with zero attached hydrogens (tertiary/aromatic N) is 1. The van der Waals surface area contributed by atoms with Gasteiger partial charge in [0.05, 0.1) is 6.04 Å². The number of likely N-dealkylation sites (tertiary alicyclic amines) is 1. The van der Waals surface area contributed by atoms with Crippen molar-refractivity contribution in [2.75, 3.05) is 13.2 Å². The van der Waals surface area contributed by atoms with E-state index in [2.05, 4.69) is 17.4 Å². The maximum absolute atomic E-state index is 10.5. The fourth-order valence-corrected chi connectivity index (χ4v) is 1.79. The van der Waals surface area contributed by atoms with E-state index in [0.29, 0.717) is 13.0 Å². The number of amides is 1. The summed E-state index contributed by atoms with van der Waals surface area (Å²) < 4.78 is 4.58. The van der Waals surface area contributed by atoms with Gasteiger partial charge in [-0.05, 0) is 6.42 Å². The van der Waals surface area contributed by atoms with Crippen LogP contribution in [0.1, 0.15) is 6.42 Å². The molecule has 1 heterocycles. The second-order valence-electron chi connectivity index (χ2n) is 2.78. The lowest BCUT2D eigenvalue weighted by Gasteiger charge is -2.17. The quantitative estimate of drug-likeness (QED) is 0.487. The predicted molar refractivity (Wildman–Crippen MR) is 46.0 cm³/mol. The molecule has 0 spiro atoms. The van der Waals surface area contributed by atoms with Crippen LogP contribution in [0, 0.1) is 0 Å². The number of hydrogen-bond donors (Lipinski definition) is 1. The number of carbonyl (C=O) groups excluding carboxylic acids is 2. The van der Waals surface area contributed by atoms with Crippen LogP contribution in [0.25, 0.3) is 0 Å². The summed E-state index contributed by atoms with van der Waals surface area (Å²) in [5.74, 6) is 0. The second-order valence-corrected chi connectivity index (χ2v) is 3.51. The Morgan fingerprint density at radius 1 is 1.58 bits per heavy atom. The van der Waals surface area contributed by atoms with Crippen LogP contribution < -0.4 is 0 Å². The first-order valence-electron chi connectivity index (χ1n) is 3.72. The van der Waals surface area contributed by atoms with Gasteiger partial charge >= 0.3 is 0 Å². The van der Waals surface area contributed by atoms with E-state index in [-0.39, 0.29) is 17.9 Å². The van der Waals surface area contributed by atoms with Crippen molar-refractivity contribution in [3.63, 3.8) is 0 Å². The normalized spacial score (nSPS) is 28.6. The van der Waals surface area contributed by atoms with Crippen LogP contribution in [0.15, 0.2) is 0 Å². The molecule has 0 aromatic rings. The molecule has 0 bridgehead atoms. The highest BCUT2D eigenvalue weighted by molar-refractivity contribution is 7.81. The largest absolute Gasteiger partial charge is 0.466 e. The molecule has 1 aliphatic rings. The van der Waals surface area contributed by atoms with Gasteiger partial charge < -0.3 is 9.64 Å². The number of thiol groups is 1. The molecule has 4 nitrogen and oxygen atoms in total. The standard InChI is InChI=1S/C7H11NO3S/c9-4-8-2-7(12)1-6(8)3-11-5-10/h4-7,12H,1-3H2/t6-,7-/m0/s1. The molecule has 0 aromatic heterocycles. The molecule has 0 saturated carbocycles. The number of hydrogen-bond acceptors (Lipinski definition) is 4. The molecule has 5 heteroatoms. The lowest BCUT2D eigenvalue weighted by Crippen LogP contribution is -2.31. The maximum atomic E-state index is 10.5. The second kappa shape index (κ2) is 4.35. The van der Waals surface area contributed by atoms with Gasteiger partial charge in [0, 0.05) is 11.8 Å². The van der Waals surface area contributed by atoms with E-state index in [4.69, 9.17) is 0 Å². The zero-order chi connectivity index (χ0) is 8.97. The van der Waals surface area contributed by atoms with Crippen molar-refractivity contribution < 1.29 is 14.3 Å². The third kappa shape index (κ3) is 2.14. The van der Waals surface area contributed by atoms with Crippen molar-refractivity contribution >= 4 is 25.5 Å². The molecule has 68 valence electrons. The van der Waals surface area contributed by atoms with Crippen molar-refractivity contribution in [2.45, 2.75) is 17.7 Å². The Labute approximate surface area is 76.3 Å². The predicted octanol–water partition coefficient (Wildman–Crippen LogP) is -0.312. The third-order valence-electron chi connectivity index (χ3n) is 1.93. The van der Waals surface area contributed by atoms with E-state index in [1.165, 1.54) is 0 Å². The van der Waals surface area contributed by atoms with E-state index >= 15 is 0 Å². The topological polar surface area (TPSA) is 46.6 Å². The van der Waals surface area contributed by atoms with Gasteiger partial charge in [-0.15, -0.1) is 0 Å². The Bertz CT molecular complexity index is 176.